The van der Waals surface area contributed by atoms with Crippen LogP contribution in [0.25, 0.3) is 0 Å². The molecule has 3 aromatic rings. The summed E-state index contributed by atoms with van der Waals surface area (Å²) in [6.07, 6.45) is 6.21. The van der Waals surface area contributed by atoms with E-state index in [1.807, 2.05) is 42.0 Å². The first-order valence-electron chi connectivity index (χ1n) is 7.04. The molecule has 0 bridgehead atoms. The van der Waals surface area contributed by atoms with E-state index in [4.69, 9.17) is 0 Å². The molecule has 2 aromatic heterocycles. The van der Waals surface area contributed by atoms with Crippen LogP contribution in [-0.2, 0) is 13.0 Å². The Morgan fingerprint density at radius 1 is 1.41 bits per heavy atom. The number of amides is 1. The third kappa shape index (κ3) is 3.23. The molecule has 3 rings (SSSR count). The first-order chi connectivity index (χ1) is 10.8. The van der Waals surface area contributed by atoms with Gasteiger partial charge < -0.3 is 9.88 Å². The standard InChI is InChI=1S/C16H16N4OS/c1-2-14-16(22-11-18-14)19-15(21)13-5-3-4-12(8-13)9-20-7-6-17-10-20/h3-8,10-11H,2,9H2,1H3,(H,19,21). The zero-order valence-electron chi connectivity index (χ0n) is 12.2. The second-order valence-electron chi connectivity index (χ2n) is 4.87. The molecule has 6 heteroatoms. The molecule has 0 aliphatic rings. The smallest absolute Gasteiger partial charge is 0.256 e. The lowest BCUT2D eigenvalue weighted by atomic mass is 10.1. The van der Waals surface area contributed by atoms with Gasteiger partial charge in [0, 0.05) is 24.5 Å². The molecule has 1 amide bonds. The molecule has 22 heavy (non-hydrogen) atoms. The molecule has 0 atom stereocenters. The summed E-state index contributed by atoms with van der Waals surface area (Å²) in [5, 5.41) is 3.77. The van der Waals surface area contributed by atoms with Gasteiger partial charge in [0.1, 0.15) is 5.00 Å². The molecular formula is C16H16N4OS. The zero-order chi connectivity index (χ0) is 15.4. The Balaban J connectivity index is 1.75. The quantitative estimate of drug-likeness (QED) is 0.787. The summed E-state index contributed by atoms with van der Waals surface area (Å²) in [6, 6.07) is 7.62. The molecule has 0 saturated carbocycles. The number of nitrogens with zero attached hydrogens (tertiary/aromatic N) is 3. The number of carbonyl (C=O) groups is 1. The van der Waals surface area contributed by atoms with Crippen LogP contribution in [0.15, 0.2) is 48.5 Å². The molecule has 0 saturated heterocycles. The van der Waals surface area contributed by atoms with Crippen molar-refractivity contribution in [1.29, 1.82) is 0 Å². The van der Waals surface area contributed by atoms with Gasteiger partial charge in [-0.2, -0.15) is 0 Å². The maximum Gasteiger partial charge on any atom is 0.256 e. The van der Waals surface area contributed by atoms with Crippen LogP contribution in [0.3, 0.4) is 0 Å². The predicted molar refractivity (Wildman–Crippen MR) is 87.2 cm³/mol. The van der Waals surface area contributed by atoms with E-state index in [1.54, 1.807) is 18.0 Å². The van der Waals surface area contributed by atoms with E-state index >= 15 is 0 Å². The van der Waals surface area contributed by atoms with E-state index < -0.39 is 0 Å². The minimum absolute atomic E-state index is 0.105. The van der Waals surface area contributed by atoms with Crippen molar-refractivity contribution in [1.82, 2.24) is 14.5 Å². The lowest BCUT2D eigenvalue weighted by molar-refractivity contribution is 0.102. The molecule has 0 radical (unpaired) electrons. The van der Waals surface area contributed by atoms with E-state index in [2.05, 4.69) is 15.3 Å². The highest BCUT2D eigenvalue weighted by atomic mass is 32.1. The molecule has 1 N–H and O–H groups in total. The average molecular weight is 312 g/mol. The van der Waals surface area contributed by atoms with E-state index in [1.165, 1.54) is 11.3 Å². The van der Waals surface area contributed by atoms with Gasteiger partial charge in [0.25, 0.3) is 5.91 Å². The third-order valence-corrected chi connectivity index (χ3v) is 4.10. The Kier molecular flexibility index (Phi) is 4.29. The van der Waals surface area contributed by atoms with Gasteiger partial charge in [-0.05, 0) is 24.1 Å². The van der Waals surface area contributed by atoms with Crippen LogP contribution in [-0.4, -0.2) is 20.4 Å². The highest BCUT2D eigenvalue weighted by Gasteiger charge is 2.11. The summed E-state index contributed by atoms with van der Waals surface area (Å²) in [5.74, 6) is -0.105. The summed E-state index contributed by atoms with van der Waals surface area (Å²) in [4.78, 5) is 20.6. The van der Waals surface area contributed by atoms with Crippen molar-refractivity contribution >= 4 is 22.2 Å². The molecule has 1 aromatic carbocycles. The number of thiazole rings is 1. The van der Waals surface area contributed by atoms with Crippen molar-refractivity contribution in [3.8, 4) is 0 Å². The van der Waals surface area contributed by atoms with E-state index in [0.717, 1.165) is 22.7 Å². The van der Waals surface area contributed by atoms with Crippen LogP contribution >= 0.6 is 11.3 Å². The Bertz CT molecular complexity index is 764. The summed E-state index contributed by atoms with van der Waals surface area (Å²) in [6.45, 7) is 2.72. The fourth-order valence-corrected chi connectivity index (χ4v) is 2.97. The molecule has 0 aliphatic heterocycles. The maximum atomic E-state index is 12.4. The largest absolute Gasteiger partial charge is 0.333 e. The highest BCUT2D eigenvalue weighted by molar-refractivity contribution is 7.14. The van der Waals surface area contributed by atoms with Gasteiger partial charge in [0.15, 0.2) is 0 Å². The Morgan fingerprint density at radius 2 is 2.32 bits per heavy atom. The topological polar surface area (TPSA) is 59.8 Å². The minimum atomic E-state index is -0.105. The lowest BCUT2D eigenvalue weighted by Crippen LogP contribution is -2.12. The molecule has 112 valence electrons. The molecule has 0 unspecified atom stereocenters. The van der Waals surface area contributed by atoms with Crippen molar-refractivity contribution in [2.75, 3.05) is 5.32 Å². The Labute approximate surface area is 132 Å². The fraction of sp³-hybridized carbons (Fsp3) is 0.188. The monoisotopic (exact) mass is 312 g/mol. The van der Waals surface area contributed by atoms with Gasteiger partial charge in [-0.3, -0.25) is 4.79 Å². The number of rotatable bonds is 5. The lowest BCUT2D eigenvalue weighted by Gasteiger charge is -2.07. The average Bonchev–Trinajstić information content (AvgIpc) is 3.19. The molecule has 2 heterocycles. The number of imidazole rings is 1. The van der Waals surface area contributed by atoms with Crippen molar-refractivity contribution < 1.29 is 4.79 Å². The van der Waals surface area contributed by atoms with Gasteiger partial charge in [0.2, 0.25) is 0 Å². The molecule has 0 spiro atoms. The van der Waals surface area contributed by atoms with Gasteiger partial charge >= 0.3 is 0 Å². The molecule has 0 aliphatic carbocycles. The van der Waals surface area contributed by atoms with Gasteiger partial charge in [0.05, 0.1) is 17.5 Å². The van der Waals surface area contributed by atoms with Crippen LogP contribution in [0.2, 0.25) is 0 Å². The number of carbonyl (C=O) groups excluding carboxylic acids is 1. The second-order valence-corrected chi connectivity index (χ2v) is 5.73. The van der Waals surface area contributed by atoms with Crippen molar-refractivity contribution in [3.63, 3.8) is 0 Å². The fourth-order valence-electron chi connectivity index (χ4n) is 2.20. The van der Waals surface area contributed by atoms with Crippen molar-refractivity contribution in [2.24, 2.45) is 0 Å². The van der Waals surface area contributed by atoms with Crippen LogP contribution in [0, 0.1) is 0 Å². The summed E-state index contributed by atoms with van der Waals surface area (Å²) in [5.41, 5.74) is 4.39. The minimum Gasteiger partial charge on any atom is -0.333 e. The molecular weight excluding hydrogens is 296 g/mol. The van der Waals surface area contributed by atoms with Crippen molar-refractivity contribution in [3.05, 3.63) is 65.3 Å². The van der Waals surface area contributed by atoms with Gasteiger partial charge in [-0.1, -0.05) is 19.1 Å². The number of anilines is 1. The SMILES string of the molecule is CCc1ncsc1NC(=O)c1cccc(Cn2ccnc2)c1. The van der Waals surface area contributed by atoms with Crippen LogP contribution < -0.4 is 5.32 Å². The molecule has 5 nitrogen and oxygen atoms in total. The van der Waals surface area contributed by atoms with Crippen LogP contribution in [0.5, 0.6) is 0 Å². The van der Waals surface area contributed by atoms with E-state index in [-0.39, 0.29) is 5.91 Å². The normalized spacial score (nSPS) is 10.6. The third-order valence-electron chi connectivity index (χ3n) is 3.32. The first-order valence-corrected chi connectivity index (χ1v) is 7.92. The van der Waals surface area contributed by atoms with E-state index in [0.29, 0.717) is 12.1 Å². The summed E-state index contributed by atoms with van der Waals surface area (Å²) in [7, 11) is 0. The summed E-state index contributed by atoms with van der Waals surface area (Å²) >= 11 is 1.45. The predicted octanol–water partition coefficient (Wildman–Crippen LogP) is 3.20. The van der Waals surface area contributed by atoms with Gasteiger partial charge in [-0.25, -0.2) is 9.97 Å². The first kappa shape index (κ1) is 14.5. The van der Waals surface area contributed by atoms with Gasteiger partial charge in [-0.15, -0.1) is 11.3 Å². The van der Waals surface area contributed by atoms with Crippen LogP contribution in [0.1, 0.15) is 28.5 Å². The second kappa shape index (κ2) is 6.53. The number of hydrogen-bond acceptors (Lipinski definition) is 4. The Hall–Kier alpha value is -2.47. The Morgan fingerprint density at radius 3 is 3.09 bits per heavy atom. The van der Waals surface area contributed by atoms with E-state index in [9.17, 15) is 4.79 Å². The number of nitrogens with one attached hydrogen (secondary N) is 1. The van der Waals surface area contributed by atoms with Crippen molar-refractivity contribution in [2.45, 2.75) is 19.9 Å². The maximum absolute atomic E-state index is 12.4. The highest BCUT2D eigenvalue weighted by Crippen LogP contribution is 2.21. The summed E-state index contributed by atoms with van der Waals surface area (Å²) < 4.78 is 1.97. The number of aryl methyl sites for hydroxylation is 1. The number of benzene rings is 1. The zero-order valence-corrected chi connectivity index (χ0v) is 13.0. The van der Waals surface area contributed by atoms with Crippen LogP contribution in [0.4, 0.5) is 5.00 Å². The number of aromatic nitrogens is 3. The molecule has 0 fully saturated rings. The number of hydrogen-bond donors (Lipinski definition) is 1.